The van der Waals surface area contributed by atoms with Crippen molar-refractivity contribution in [3.05, 3.63) is 63.6 Å². The van der Waals surface area contributed by atoms with Crippen molar-refractivity contribution in [2.45, 2.75) is 19.4 Å². The Bertz CT molecular complexity index is 886. The Labute approximate surface area is 181 Å². The van der Waals surface area contributed by atoms with Crippen LogP contribution in [0, 0.1) is 5.92 Å². The van der Waals surface area contributed by atoms with E-state index in [0.717, 1.165) is 18.4 Å². The van der Waals surface area contributed by atoms with Gasteiger partial charge in [-0.15, -0.1) is 0 Å². The van der Waals surface area contributed by atoms with Crippen molar-refractivity contribution in [2.75, 3.05) is 27.2 Å². The van der Waals surface area contributed by atoms with Crippen LogP contribution >= 0.6 is 23.2 Å². The van der Waals surface area contributed by atoms with Crippen molar-refractivity contribution in [3.63, 3.8) is 0 Å². The van der Waals surface area contributed by atoms with Crippen LogP contribution in [0.25, 0.3) is 0 Å². The lowest BCUT2D eigenvalue weighted by Gasteiger charge is -2.34. The zero-order valence-electron chi connectivity index (χ0n) is 16.5. The highest BCUT2D eigenvalue weighted by Crippen LogP contribution is 2.26. The van der Waals surface area contributed by atoms with Crippen LogP contribution in [-0.4, -0.2) is 48.9 Å². The third kappa shape index (κ3) is 5.22. The summed E-state index contributed by atoms with van der Waals surface area (Å²) in [4.78, 5) is 29.2. The van der Waals surface area contributed by atoms with Gasteiger partial charge < -0.3 is 14.5 Å². The molecule has 1 heterocycles. The van der Waals surface area contributed by atoms with E-state index in [9.17, 15) is 9.59 Å². The summed E-state index contributed by atoms with van der Waals surface area (Å²) in [6.07, 6.45) is 1.56. The van der Waals surface area contributed by atoms with Crippen LogP contribution in [0.3, 0.4) is 0 Å². The summed E-state index contributed by atoms with van der Waals surface area (Å²) in [6, 6.07) is 12.2. The molecule has 1 atom stereocenters. The average Bonchev–Trinajstić information content (AvgIpc) is 2.73. The van der Waals surface area contributed by atoms with E-state index in [-0.39, 0.29) is 17.7 Å². The Hall–Kier alpha value is -2.24. The molecule has 1 saturated heterocycles. The third-order valence-electron chi connectivity index (χ3n) is 5.18. The number of piperidine rings is 1. The number of halogens is 2. The number of carbonyl (C=O) groups is 2. The molecule has 1 aliphatic rings. The molecule has 7 heteroatoms. The molecule has 0 radical (unpaired) electrons. The van der Waals surface area contributed by atoms with Crippen LogP contribution in [0.1, 0.15) is 28.8 Å². The molecule has 154 valence electrons. The summed E-state index contributed by atoms with van der Waals surface area (Å²) < 4.78 is 5.37. The SMILES string of the molecule is COc1ccc(Cl)cc1CN(C)C(=O)C1CCCN(C(=O)c2ccc(Cl)cc2)C1. The van der Waals surface area contributed by atoms with Crippen LogP contribution in [0.2, 0.25) is 10.0 Å². The van der Waals surface area contributed by atoms with Gasteiger partial charge in [-0.2, -0.15) is 0 Å². The van der Waals surface area contributed by atoms with E-state index in [4.69, 9.17) is 27.9 Å². The fraction of sp³-hybridized carbons (Fsp3) is 0.364. The number of methoxy groups -OCH3 is 1. The molecule has 0 saturated carbocycles. The molecule has 2 aromatic rings. The van der Waals surface area contributed by atoms with Gasteiger partial charge in [-0.25, -0.2) is 0 Å². The normalized spacial score (nSPS) is 16.4. The number of hydrogen-bond acceptors (Lipinski definition) is 3. The first-order chi connectivity index (χ1) is 13.9. The zero-order chi connectivity index (χ0) is 21.0. The second-order valence-corrected chi connectivity index (χ2v) is 8.12. The molecule has 2 aromatic carbocycles. The summed E-state index contributed by atoms with van der Waals surface area (Å²) in [7, 11) is 3.36. The van der Waals surface area contributed by atoms with Crippen molar-refractivity contribution >= 4 is 35.0 Å². The Morgan fingerprint density at radius 2 is 1.83 bits per heavy atom. The van der Waals surface area contributed by atoms with Gasteiger partial charge in [-0.05, 0) is 55.3 Å². The Morgan fingerprint density at radius 3 is 2.52 bits per heavy atom. The van der Waals surface area contributed by atoms with Crippen LogP contribution in [-0.2, 0) is 11.3 Å². The monoisotopic (exact) mass is 434 g/mol. The van der Waals surface area contributed by atoms with E-state index in [1.54, 1.807) is 66.4 Å². The molecule has 1 unspecified atom stereocenters. The van der Waals surface area contributed by atoms with Crippen LogP contribution in [0.5, 0.6) is 5.75 Å². The highest BCUT2D eigenvalue weighted by Gasteiger charge is 2.30. The predicted molar refractivity (Wildman–Crippen MR) is 115 cm³/mol. The maximum atomic E-state index is 13.0. The number of rotatable bonds is 5. The molecule has 1 fully saturated rings. The Balaban J connectivity index is 1.66. The number of hydrogen-bond donors (Lipinski definition) is 0. The van der Waals surface area contributed by atoms with E-state index in [1.165, 1.54) is 0 Å². The van der Waals surface area contributed by atoms with E-state index < -0.39 is 0 Å². The summed E-state index contributed by atoms with van der Waals surface area (Å²) in [5.41, 5.74) is 1.43. The van der Waals surface area contributed by atoms with Crippen molar-refractivity contribution < 1.29 is 14.3 Å². The molecule has 5 nitrogen and oxygen atoms in total. The van der Waals surface area contributed by atoms with Gasteiger partial charge in [0.25, 0.3) is 5.91 Å². The van der Waals surface area contributed by atoms with Gasteiger partial charge >= 0.3 is 0 Å². The second-order valence-electron chi connectivity index (χ2n) is 7.25. The fourth-order valence-corrected chi connectivity index (χ4v) is 3.97. The van der Waals surface area contributed by atoms with Crippen molar-refractivity contribution in [1.29, 1.82) is 0 Å². The van der Waals surface area contributed by atoms with E-state index in [1.807, 2.05) is 0 Å². The first kappa shape index (κ1) is 21.5. The molecular formula is C22H24Cl2N2O3. The lowest BCUT2D eigenvalue weighted by atomic mass is 9.95. The lowest BCUT2D eigenvalue weighted by Crippen LogP contribution is -2.45. The molecule has 0 N–H and O–H groups in total. The minimum Gasteiger partial charge on any atom is -0.496 e. The number of ether oxygens (including phenoxy) is 1. The van der Waals surface area contributed by atoms with Gasteiger partial charge in [0.15, 0.2) is 0 Å². The highest BCUT2D eigenvalue weighted by molar-refractivity contribution is 6.31. The summed E-state index contributed by atoms with van der Waals surface area (Å²) in [5, 5.41) is 1.19. The van der Waals surface area contributed by atoms with Crippen LogP contribution in [0.15, 0.2) is 42.5 Å². The standard InChI is InChI=1S/C22H24Cl2N2O3/c1-25(13-17-12-19(24)9-10-20(17)29-2)21(27)16-4-3-11-26(14-16)22(28)15-5-7-18(23)8-6-15/h5-10,12,16H,3-4,11,13-14H2,1-2H3. The van der Waals surface area contributed by atoms with Crippen molar-refractivity contribution in [3.8, 4) is 5.75 Å². The first-order valence-electron chi connectivity index (χ1n) is 9.51. The van der Waals surface area contributed by atoms with Gasteiger partial charge in [0, 0.05) is 47.9 Å². The first-order valence-corrected chi connectivity index (χ1v) is 10.3. The van der Waals surface area contributed by atoms with E-state index in [2.05, 4.69) is 0 Å². The average molecular weight is 435 g/mol. The zero-order valence-corrected chi connectivity index (χ0v) is 18.0. The summed E-state index contributed by atoms with van der Waals surface area (Å²) in [6.45, 7) is 1.46. The fourth-order valence-electron chi connectivity index (χ4n) is 3.65. The van der Waals surface area contributed by atoms with Crippen LogP contribution in [0.4, 0.5) is 0 Å². The summed E-state index contributed by atoms with van der Waals surface area (Å²) in [5.74, 6) is 0.409. The molecule has 0 bridgehead atoms. The van der Waals surface area contributed by atoms with Crippen molar-refractivity contribution in [2.24, 2.45) is 5.92 Å². The van der Waals surface area contributed by atoms with Gasteiger partial charge in [-0.1, -0.05) is 23.2 Å². The van der Waals surface area contributed by atoms with Gasteiger partial charge in [0.05, 0.1) is 13.0 Å². The van der Waals surface area contributed by atoms with Gasteiger partial charge in [-0.3, -0.25) is 9.59 Å². The highest BCUT2D eigenvalue weighted by atomic mass is 35.5. The van der Waals surface area contributed by atoms with E-state index >= 15 is 0 Å². The predicted octanol–water partition coefficient (Wildman–Crippen LogP) is 4.51. The quantitative estimate of drug-likeness (QED) is 0.695. The molecule has 0 aliphatic carbocycles. The third-order valence-corrected chi connectivity index (χ3v) is 5.66. The lowest BCUT2D eigenvalue weighted by molar-refractivity contribution is -0.136. The molecule has 1 aliphatic heterocycles. The molecule has 0 aromatic heterocycles. The van der Waals surface area contributed by atoms with Crippen LogP contribution < -0.4 is 4.74 Å². The van der Waals surface area contributed by atoms with Gasteiger partial charge in [0.2, 0.25) is 5.91 Å². The molecule has 2 amide bonds. The smallest absolute Gasteiger partial charge is 0.253 e. The number of amides is 2. The van der Waals surface area contributed by atoms with Crippen molar-refractivity contribution in [1.82, 2.24) is 9.80 Å². The molecule has 0 spiro atoms. The van der Waals surface area contributed by atoms with E-state index in [0.29, 0.717) is 41.0 Å². The topological polar surface area (TPSA) is 49.9 Å². The Kier molecular flexibility index (Phi) is 7.04. The number of benzene rings is 2. The molecular weight excluding hydrogens is 411 g/mol. The Morgan fingerprint density at radius 1 is 1.14 bits per heavy atom. The van der Waals surface area contributed by atoms with Gasteiger partial charge in [0.1, 0.15) is 5.75 Å². The number of carbonyl (C=O) groups excluding carboxylic acids is 2. The maximum Gasteiger partial charge on any atom is 0.253 e. The summed E-state index contributed by atoms with van der Waals surface area (Å²) >= 11 is 12.0. The minimum absolute atomic E-state index is 0.0145. The second kappa shape index (κ2) is 9.51. The number of nitrogens with zero attached hydrogens (tertiary/aromatic N) is 2. The molecule has 3 rings (SSSR count). The maximum absolute atomic E-state index is 13.0. The number of likely N-dealkylation sites (tertiary alicyclic amines) is 1. The molecule has 29 heavy (non-hydrogen) atoms. The largest absolute Gasteiger partial charge is 0.496 e. The minimum atomic E-state index is -0.227.